The molecule has 0 saturated carbocycles. The van der Waals surface area contributed by atoms with Crippen molar-refractivity contribution in [2.75, 3.05) is 0 Å². The Bertz CT molecular complexity index is 729. The minimum Gasteiger partial charge on any atom is -0.478 e. The van der Waals surface area contributed by atoms with E-state index < -0.39 is 34.0 Å². The monoisotopic (exact) mass is 310 g/mol. The molecule has 2 rings (SSSR count). The van der Waals surface area contributed by atoms with E-state index in [0.29, 0.717) is 5.56 Å². The van der Waals surface area contributed by atoms with Crippen molar-refractivity contribution in [3.8, 4) is 0 Å². The third-order valence-corrected chi connectivity index (χ3v) is 4.38. The van der Waals surface area contributed by atoms with Crippen LogP contribution in [0.3, 0.4) is 0 Å². The summed E-state index contributed by atoms with van der Waals surface area (Å²) in [7, 11) is -1.58. The number of carboxylic acid groups (broad SMARTS) is 1. The Kier molecular flexibility index (Phi) is 4.47. The molecule has 6 heteroatoms. The molecule has 1 N–H and O–H groups in total. The molecule has 0 aliphatic rings. The van der Waals surface area contributed by atoms with E-state index in [9.17, 15) is 17.8 Å². The van der Waals surface area contributed by atoms with E-state index in [1.165, 1.54) is 18.2 Å². The fourth-order valence-electron chi connectivity index (χ4n) is 1.83. The van der Waals surface area contributed by atoms with Crippen LogP contribution >= 0.6 is 0 Å². The maximum absolute atomic E-state index is 13.3. The molecule has 0 spiro atoms. The van der Waals surface area contributed by atoms with Crippen molar-refractivity contribution in [3.05, 3.63) is 64.7 Å². The Morgan fingerprint density at radius 1 is 1.19 bits per heavy atom. The first-order valence-corrected chi connectivity index (χ1v) is 7.36. The van der Waals surface area contributed by atoms with Crippen LogP contribution in [0.4, 0.5) is 8.78 Å². The second kappa shape index (κ2) is 6.13. The molecule has 0 amide bonds. The maximum Gasteiger partial charge on any atom is 0.338 e. The number of halogens is 2. The molecule has 0 bridgehead atoms. The predicted octanol–water partition coefficient (Wildman–Crippen LogP) is 3.28. The summed E-state index contributed by atoms with van der Waals surface area (Å²) >= 11 is 0. The second-order valence-corrected chi connectivity index (χ2v) is 5.96. The number of aromatic carboxylic acids is 1. The van der Waals surface area contributed by atoms with Gasteiger partial charge in [-0.15, -0.1) is 0 Å². The molecule has 0 saturated heterocycles. The molecular formula is C15H12F2O3S. The lowest BCUT2D eigenvalue weighted by molar-refractivity contribution is 0.0691. The lowest BCUT2D eigenvalue weighted by atomic mass is 10.1. The van der Waals surface area contributed by atoms with Gasteiger partial charge in [0.1, 0.15) is 11.6 Å². The highest BCUT2D eigenvalue weighted by molar-refractivity contribution is 7.84. The van der Waals surface area contributed by atoms with Crippen molar-refractivity contribution in [2.24, 2.45) is 0 Å². The van der Waals surface area contributed by atoms with Crippen LogP contribution in [0.1, 0.15) is 21.5 Å². The summed E-state index contributed by atoms with van der Waals surface area (Å²) in [5, 5.41) is 8.85. The first-order chi connectivity index (χ1) is 9.88. The van der Waals surface area contributed by atoms with E-state index >= 15 is 0 Å². The van der Waals surface area contributed by atoms with Crippen LogP contribution in [-0.4, -0.2) is 15.3 Å². The number of hydrogen-bond acceptors (Lipinski definition) is 2. The molecule has 0 aliphatic carbocycles. The van der Waals surface area contributed by atoms with Gasteiger partial charge in [-0.1, -0.05) is 6.07 Å². The zero-order chi connectivity index (χ0) is 15.6. The van der Waals surface area contributed by atoms with Crippen LogP contribution in [0.2, 0.25) is 0 Å². The smallest absolute Gasteiger partial charge is 0.338 e. The van der Waals surface area contributed by atoms with Gasteiger partial charge in [-0.05, 0) is 48.4 Å². The van der Waals surface area contributed by atoms with Gasteiger partial charge in [0.2, 0.25) is 0 Å². The van der Waals surface area contributed by atoms with Gasteiger partial charge in [0.25, 0.3) is 0 Å². The molecule has 1 atom stereocenters. The highest BCUT2D eigenvalue weighted by Gasteiger charge is 2.14. The summed E-state index contributed by atoms with van der Waals surface area (Å²) < 4.78 is 38.7. The average molecular weight is 310 g/mol. The molecular weight excluding hydrogens is 298 g/mol. The average Bonchev–Trinajstić information content (AvgIpc) is 2.43. The van der Waals surface area contributed by atoms with Crippen LogP contribution in [0.25, 0.3) is 0 Å². The van der Waals surface area contributed by atoms with E-state index in [-0.39, 0.29) is 10.6 Å². The van der Waals surface area contributed by atoms with Crippen LogP contribution in [-0.2, 0) is 16.6 Å². The third-order valence-electron chi connectivity index (χ3n) is 3.03. The Hall–Kier alpha value is -2.08. The molecule has 2 aromatic rings. The molecule has 1 unspecified atom stereocenters. The quantitative estimate of drug-likeness (QED) is 0.943. The van der Waals surface area contributed by atoms with Crippen LogP contribution < -0.4 is 0 Å². The zero-order valence-electron chi connectivity index (χ0n) is 11.1. The van der Waals surface area contributed by atoms with Gasteiger partial charge in [0.05, 0.1) is 22.1 Å². The maximum atomic E-state index is 13.3. The fourth-order valence-corrected chi connectivity index (χ4v) is 3.06. The van der Waals surface area contributed by atoms with E-state index in [1.807, 2.05) is 0 Å². The largest absolute Gasteiger partial charge is 0.478 e. The standard InChI is InChI=1S/C15H12F2O3S/c1-9-2-3-11(16)6-10(9)8-21(20)12-4-5-14(17)13(7-12)15(18)19/h2-7H,8H2,1H3,(H,18,19). The number of hydrogen-bond donors (Lipinski definition) is 1. The summed E-state index contributed by atoms with van der Waals surface area (Å²) in [5.41, 5.74) is 0.816. The van der Waals surface area contributed by atoms with Gasteiger partial charge < -0.3 is 5.11 Å². The molecule has 0 fully saturated rings. The summed E-state index contributed by atoms with van der Waals surface area (Å²) in [6.45, 7) is 1.76. The Labute approximate surface area is 122 Å². The molecule has 0 aromatic heterocycles. The lowest BCUT2D eigenvalue weighted by Gasteiger charge is -2.07. The van der Waals surface area contributed by atoms with Crippen LogP contribution in [0.5, 0.6) is 0 Å². The van der Waals surface area contributed by atoms with Crippen molar-refractivity contribution in [1.82, 2.24) is 0 Å². The lowest BCUT2D eigenvalue weighted by Crippen LogP contribution is -2.04. The summed E-state index contributed by atoms with van der Waals surface area (Å²) in [5.74, 6) is -2.70. The Balaban J connectivity index is 2.30. The van der Waals surface area contributed by atoms with Gasteiger partial charge in [-0.3, -0.25) is 4.21 Å². The van der Waals surface area contributed by atoms with E-state index in [4.69, 9.17) is 5.11 Å². The number of carboxylic acids is 1. The number of benzene rings is 2. The second-order valence-electron chi connectivity index (χ2n) is 4.51. The minimum absolute atomic E-state index is 0.0360. The molecule has 21 heavy (non-hydrogen) atoms. The summed E-state index contributed by atoms with van der Waals surface area (Å²) in [6, 6.07) is 7.45. The van der Waals surface area contributed by atoms with Crippen LogP contribution in [0.15, 0.2) is 41.3 Å². The van der Waals surface area contributed by atoms with Crippen LogP contribution in [0, 0.1) is 18.6 Å². The van der Waals surface area contributed by atoms with Gasteiger partial charge in [-0.25, -0.2) is 13.6 Å². The summed E-state index contributed by atoms with van der Waals surface area (Å²) in [4.78, 5) is 11.1. The Morgan fingerprint density at radius 3 is 2.57 bits per heavy atom. The normalized spacial score (nSPS) is 12.1. The fraction of sp³-hybridized carbons (Fsp3) is 0.133. The zero-order valence-corrected chi connectivity index (χ0v) is 11.9. The molecule has 2 aromatic carbocycles. The van der Waals surface area contributed by atoms with Crippen molar-refractivity contribution >= 4 is 16.8 Å². The van der Waals surface area contributed by atoms with Gasteiger partial charge in [-0.2, -0.15) is 0 Å². The van der Waals surface area contributed by atoms with Gasteiger partial charge in [0.15, 0.2) is 0 Å². The molecule has 0 radical (unpaired) electrons. The van der Waals surface area contributed by atoms with Crippen molar-refractivity contribution in [3.63, 3.8) is 0 Å². The van der Waals surface area contributed by atoms with Crippen molar-refractivity contribution in [2.45, 2.75) is 17.6 Å². The van der Waals surface area contributed by atoms with Crippen molar-refractivity contribution in [1.29, 1.82) is 0 Å². The molecule has 110 valence electrons. The number of carbonyl (C=O) groups is 1. The highest BCUT2D eigenvalue weighted by atomic mass is 32.2. The first-order valence-electron chi connectivity index (χ1n) is 6.04. The Morgan fingerprint density at radius 2 is 1.90 bits per heavy atom. The molecule has 0 heterocycles. The minimum atomic E-state index is -1.58. The van der Waals surface area contributed by atoms with Gasteiger partial charge >= 0.3 is 5.97 Å². The van der Waals surface area contributed by atoms with E-state index in [2.05, 4.69) is 0 Å². The summed E-state index contributed by atoms with van der Waals surface area (Å²) in [6.07, 6.45) is 0. The van der Waals surface area contributed by atoms with Crippen molar-refractivity contribution < 1.29 is 22.9 Å². The SMILES string of the molecule is Cc1ccc(F)cc1CS(=O)c1ccc(F)c(C(=O)O)c1. The van der Waals surface area contributed by atoms with E-state index in [0.717, 1.165) is 17.7 Å². The van der Waals surface area contributed by atoms with E-state index in [1.54, 1.807) is 13.0 Å². The predicted molar refractivity (Wildman–Crippen MR) is 74.6 cm³/mol. The molecule has 3 nitrogen and oxygen atoms in total. The molecule has 0 aliphatic heterocycles. The number of rotatable bonds is 4. The first kappa shape index (κ1) is 15.3. The highest BCUT2D eigenvalue weighted by Crippen LogP contribution is 2.19. The topological polar surface area (TPSA) is 54.4 Å². The van der Waals surface area contributed by atoms with Gasteiger partial charge in [0, 0.05) is 4.90 Å². The number of aryl methyl sites for hydroxylation is 1. The third kappa shape index (κ3) is 3.52.